The molecular formula is C13H14N4O2. The van der Waals surface area contributed by atoms with Crippen molar-refractivity contribution < 1.29 is 4.79 Å². The van der Waals surface area contributed by atoms with Gasteiger partial charge in [-0.3, -0.25) is 14.6 Å². The zero-order chi connectivity index (χ0) is 13.7. The summed E-state index contributed by atoms with van der Waals surface area (Å²) in [6.45, 7) is 2.63. The second kappa shape index (κ2) is 5.90. The van der Waals surface area contributed by atoms with E-state index in [0.29, 0.717) is 13.1 Å². The standard InChI is InChI=1S/C13H14N4O2/c1-2-17-12(18)4-3-11(16-17)13(19)15-9-10-5-7-14-8-6-10/h3-8H,2,9H2,1H3,(H,15,19). The van der Waals surface area contributed by atoms with E-state index in [1.165, 1.54) is 16.8 Å². The van der Waals surface area contributed by atoms with Gasteiger partial charge in [-0.2, -0.15) is 5.10 Å². The van der Waals surface area contributed by atoms with Crippen molar-refractivity contribution in [1.29, 1.82) is 0 Å². The number of hydrogen-bond donors (Lipinski definition) is 1. The van der Waals surface area contributed by atoms with Gasteiger partial charge in [0.2, 0.25) is 0 Å². The summed E-state index contributed by atoms with van der Waals surface area (Å²) >= 11 is 0. The number of hydrogen-bond acceptors (Lipinski definition) is 4. The van der Waals surface area contributed by atoms with E-state index >= 15 is 0 Å². The van der Waals surface area contributed by atoms with Crippen LogP contribution in [-0.4, -0.2) is 20.7 Å². The number of nitrogens with one attached hydrogen (secondary N) is 1. The van der Waals surface area contributed by atoms with Crippen LogP contribution < -0.4 is 10.9 Å². The van der Waals surface area contributed by atoms with E-state index in [2.05, 4.69) is 15.4 Å². The molecule has 0 aliphatic heterocycles. The second-order valence-electron chi connectivity index (χ2n) is 3.91. The Morgan fingerprint density at radius 3 is 2.68 bits per heavy atom. The van der Waals surface area contributed by atoms with Crippen LogP contribution in [0.3, 0.4) is 0 Å². The Labute approximate surface area is 110 Å². The molecule has 98 valence electrons. The normalized spacial score (nSPS) is 10.2. The van der Waals surface area contributed by atoms with Crippen molar-refractivity contribution in [3.63, 3.8) is 0 Å². The van der Waals surface area contributed by atoms with Crippen molar-refractivity contribution in [2.75, 3.05) is 0 Å². The number of carbonyl (C=O) groups excluding carboxylic acids is 1. The van der Waals surface area contributed by atoms with Crippen molar-refractivity contribution in [2.24, 2.45) is 0 Å². The van der Waals surface area contributed by atoms with Gasteiger partial charge >= 0.3 is 0 Å². The summed E-state index contributed by atoms with van der Waals surface area (Å²) in [5.41, 5.74) is 0.968. The lowest BCUT2D eigenvalue weighted by Crippen LogP contribution is -2.29. The minimum Gasteiger partial charge on any atom is -0.347 e. The predicted molar refractivity (Wildman–Crippen MR) is 69.6 cm³/mol. The van der Waals surface area contributed by atoms with Gasteiger partial charge in [0.1, 0.15) is 5.69 Å². The largest absolute Gasteiger partial charge is 0.347 e. The van der Waals surface area contributed by atoms with Gasteiger partial charge in [0.05, 0.1) is 0 Å². The minimum atomic E-state index is -0.306. The summed E-state index contributed by atoms with van der Waals surface area (Å²) in [4.78, 5) is 27.2. The average Bonchev–Trinajstić information content (AvgIpc) is 2.46. The van der Waals surface area contributed by atoms with Crippen molar-refractivity contribution >= 4 is 5.91 Å². The topological polar surface area (TPSA) is 76.9 Å². The third-order valence-corrected chi connectivity index (χ3v) is 2.60. The summed E-state index contributed by atoms with van der Waals surface area (Å²) in [5.74, 6) is -0.306. The Bertz CT molecular complexity index is 622. The molecule has 1 amide bonds. The van der Waals surface area contributed by atoms with E-state index in [9.17, 15) is 9.59 Å². The highest BCUT2D eigenvalue weighted by Gasteiger charge is 2.08. The van der Waals surface area contributed by atoms with E-state index in [-0.39, 0.29) is 17.2 Å². The summed E-state index contributed by atoms with van der Waals surface area (Å²) in [6, 6.07) is 6.41. The van der Waals surface area contributed by atoms with Crippen LogP contribution in [0.5, 0.6) is 0 Å². The molecule has 0 saturated heterocycles. The van der Waals surface area contributed by atoms with Crippen LogP contribution >= 0.6 is 0 Å². The maximum Gasteiger partial charge on any atom is 0.271 e. The molecule has 0 saturated carbocycles. The number of pyridine rings is 1. The summed E-state index contributed by atoms with van der Waals surface area (Å²) in [5, 5.41) is 6.72. The van der Waals surface area contributed by atoms with Gasteiger partial charge in [-0.15, -0.1) is 0 Å². The van der Waals surface area contributed by atoms with Crippen LogP contribution in [-0.2, 0) is 13.1 Å². The molecule has 2 aromatic rings. The van der Waals surface area contributed by atoms with Gasteiger partial charge in [-0.25, -0.2) is 4.68 Å². The SMILES string of the molecule is CCn1nc(C(=O)NCc2ccncc2)ccc1=O. The van der Waals surface area contributed by atoms with Crippen LogP contribution in [0.4, 0.5) is 0 Å². The molecule has 1 N–H and O–H groups in total. The highest BCUT2D eigenvalue weighted by molar-refractivity contribution is 5.91. The molecule has 0 bridgehead atoms. The fourth-order valence-corrected chi connectivity index (χ4v) is 1.57. The first kappa shape index (κ1) is 12.9. The van der Waals surface area contributed by atoms with Crippen LogP contribution in [0.25, 0.3) is 0 Å². The number of rotatable bonds is 4. The van der Waals surface area contributed by atoms with Crippen LogP contribution in [0.1, 0.15) is 23.0 Å². The molecule has 6 heteroatoms. The molecule has 0 spiro atoms. The molecular weight excluding hydrogens is 244 g/mol. The van der Waals surface area contributed by atoms with E-state index in [1.807, 2.05) is 12.1 Å². The maximum absolute atomic E-state index is 11.9. The van der Waals surface area contributed by atoms with Gasteiger partial charge in [-0.05, 0) is 30.7 Å². The molecule has 0 aromatic carbocycles. The second-order valence-corrected chi connectivity index (χ2v) is 3.91. The van der Waals surface area contributed by atoms with E-state index < -0.39 is 0 Å². The average molecular weight is 258 g/mol. The van der Waals surface area contributed by atoms with E-state index in [4.69, 9.17) is 0 Å². The molecule has 0 aliphatic carbocycles. The first-order valence-corrected chi connectivity index (χ1v) is 5.96. The van der Waals surface area contributed by atoms with Crippen molar-refractivity contribution in [3.8, 4) is 0 Å². The van der Waals surface area contributed by atoms with Gasteiger partial charge in [-0.1, -0.05) is 0 Å². The molecule has 2 heterocycles. The lowest BCUT2D eigenvalue weighted by Gasteiger charge is -2.06. The predicted octanol–water partition coefficient (Wildman–Crippen LogP) is 0.588. The third kappa shape index (κ3) is 3.25. The Morgan fingerprint density at radius 1 is 1.26 bits per heavy atom. The number of amides is 1. The van der Waals surface area contributed by atoms with E-state index in [1.54, 1.807) is 19.3 Å². The first-order valence-electron chi connectivity index (χ1n) is 5.96. The number of aromatic nitrogens is 3. The summed E-state index contributed by atoms with van der Waals surface area (Å²) < 4.78 is 1.25. The number of nitrogens with zero attached hydrogens (tertiary/aromatic N) is 3. The summed E-state index contributed by atoms with van der Waals surface area (Å²) in [7, 11) is 0. The van der Waals surface area contributed by atoms with Crippen molar-refractivity contribution in [2.45, 2.75) is 20.0 Å². The lowest BCUT2D eigenvalue weighted by molar-refractivity contribution is 0.0943. The molecule has 2 rings (SSSR count). The highest BCUT2D eigenvalue weighted by Crippen LogP contribution is 1.97. The van der Waals surface area contributed by atoms with Crippen LogP contribution in [0, 0.1) is 0 Å². The number of aryl methyl sites for hydroxylation is 1. The maximum atomic E-state index is 11.9. The van der Waals surface area contributed by atoms with Crippen molar-refractivity contribution in [3.05, 3.63) is 58.3 Å². The first-order chi connectivity index (χ1) is 9.20. The molecule has 19 heavy (non-hydrogen) atoms. The zero-order valence-electron chi connectivity index (χ0n) is 10.5. The lowest BCUT2D eigenvalue weighted by atomic mass is 10.2. The number of carbonyl (C=O) groups is 1. The Hall–Kier alpha value is -2.50. The molecule has 0 atom stereocenters. The summed E-state index contributed by atoms with van der Waals surface area (Å²) in [6.07, 6.45) is 3.33. The fourth-order valence-electron chi connectivity index (χ4n) is 1.57. The van der Waals surface area contributed by atoms with E-state index in [0.717, 1.165) is 5.56 Å². The molecule has 6 nitrogen and oxygen atoms in total. The molecule has 0 unspecified atom stereocenters. The van der Waals surface area contributed by atoms with Gasteiger partial charge < -0.3 is 5.32 Å². The van der Waals surface area contributed by atoms with Crippen molar-refractivity contribution in [1.82, 2.24) is 20.1 Å². The Balaban J connectivity index is 2.06. The zero-order valence-corrected chi connectivity index (χ0v) is 10.5. The Morgan fingerprint density at radius 2 is 2.00 bits per heavy atom. The fraction of sp³-hybridized carbons (Fsp3) is 0.231. The molecule has 0 radical (unpaired) electrons. The molecule has 0 fully saturated rings. The van der Waals surface area contributed by atoms with Crippen LogP contribution in [0.2, 0.25) is 0 Å². The van der Waals surface area contributed by atoms with Gasteiger partial charge in [0.15, 0.2) is 0 Å². The molecule has 0 aliphatic rings. The Kier molecular flexibility index (Phi) is 4.02. The highest BCUT2D eigenvalue weighted by atomic mass is 16.2. The minimum absolute atomic E-state index is 0.215. The smallest absolute Gasteiger partial charge is 0.271 e. The van der Waals surface area contributed by atoms with Gasteiger partial charge in [0, 0.05) is 31.5 Å². The molecule has 2 aromatic heterocycles. The quantitative estimate of drug-likeness (QED) is 0.870. The van der Waals surface area contributed by atoms with Crippen LogP contribution in [0.15, 0.2) is 41.5 Å². The monoisotopic (exact) mass is 258 g/mol. The third-order valence-electron chi connectivity index (χ3n) is 2.60. The van der Waals surface area contributed by atoms with Gasteiger partial charge in [0.25, 0.3) is 11.5 Å².